The lowest BCUT2D eigenvalue weighted by Crippen LogP contribution is -2.41. The Bertz CT molecular complexity index is 1070. The molecule has 4 nitrogen and oxygen atoms in total. The first-order chi connectivity index (χ1) is 12.7. The summed E-state index contributed by atoms with van der Waals surface area (Å²) in [7, 11) is 2.83. The number of alkyl halides is 3. The zero-order valence-corrected chi connectivity index (χ0v) is 14.4. The Morgan fingerprint density at radius 2 is 1.48 bits per heavy atom. The molecule has 1 aliphatic carbocycles. The van der Waals surface area contributed by atoms with Gasteiger partial charge in [-0.1, -0.05) is 24.3 Å². The molecule has 0 amide bonds. The summed E-state index contributed by atoms with van der Waals surface area (Å²) in [6.07, 6.45) is -4.97. The third kappa shape index (κ3) is 2.15. The number of aromatic hydroxyl groups is 1. The fourth-order valence-corrected chi connectivity index (χ4v) is 3.77. The lowest BCUT2D eigenvalue weighted by Gasteiger charge is -2.28. The molecule has 1 aliphatic rings. The summed E-state index contributed by atoms with van der Waals surface area (Å²) in [5, 5.41) is 21.8. The van der Waals surface area contributed by atoms with E-state index in [9.17, 15) is 23.4 Å². The van der Waals surface area contributed by atoms with E-state index in [-0.39, 0.29) is 22.4 Å². The van der Waals surface area contributed by atoms with E-state index in [4.69, 9.17) is 9.47 Å². The number of halogens is 3. The Morgan fingerprint density at radius 1 is 0.889 bits per heavy atom. The minimum absolute atomic E-state index is 0.208. The average molecular weight is 376 g/mol. The molecule has 2 N–H and O–H groups in total. The Morgan fingerprint density at radius 3 is 2.07 bits per heavy atom. The largest absolute Gasteiger partial charge is 0.507 e. The van der Waals surface area contributed by atoms with Gasteiger partial charge in [-0.25, -0.2) is 0 Å². The van der Waals surface area contributed by atoms with Crippen LogP contribution in [0.3, 0.4) is 0 Å². The van der Waals surface area contributed by atoms with Crippen molar-refractivity contribution in [3.63, 3.8) is 0 Å². The number of ether oxygens (including phenoxy) is 2. The van der Waals surface area contributed by atoms with Crippen LogP contribution in [0.25, 0.3) is 21.9 Å². The number of rotatable bonds is 2. The van der Waals surface area contributed by atoms with E-state index in [1.807, 2.05) is 0 Å². The molecular weight excluding hydrogens is 361 g/mol. The van der Waals surface area contributed by atoms with Crippen LogP contribution in [0.2, 0.25) is 0 Å². The van der Waals surface area contributed by atoms with Crippen molar-refractivity contribution in [1.29, 1.82) is 0 Å². The van der Waals surface area contributed by atoms with E-state index in [0.29, 0.717) is 22.3 Å². The molecule has 4 rings (SSSR count). The van der Waals surface area contributed by atoms with E-state index in [0.717, 1.165) is 6.07 Å². The van der Waals surface area contributed by atoms with Crippen LogP contribution in [0, 0.1) is 0 Å². The lowest BCUT2D eigenvalue weighted by molar-refractivity contribution is -0.246. The second-order valence-electron chi connectivity index (χ2n) is 6.32. The van der Waals surface area contributed by atoms with Crippen LogP contribution < -0.4 is 9.47 Å². The van der Waals surface area contributed by atoms with E-state index < -0.39 is 17.3 Å². The van der Waals surface area contributed by atoms with Gasteiger partial charge in [0.15, 0.2) is 11.5 Å². The Labute approximate surface area is 152 Å². The van der Waals surface area contributed by atoms with Crippen LogP contribution in [0.4, 0.5) is 13.2 Å². The van der Waals surface area contributed by atoms with E-state index in [2.05, 4.69) is 0 Å². The second-order valence-corrected chi connectivity index (χ2v) is 6.32. The lowest BCUT2D eigenvalue weighted by atomic mass is 9.89. The molecule has 3 aromatic carbocycles. The number of hydrogen-bond donors (Lipinski definition) is 2. The summed E-state index contributed by atoms with van der Waals surface area (Å²) >= 11 is 0. The molecule has 3 aromatic rings. The maximum atomic E-state index is 13.9. The van der Waals surface area contributed by atoms with Gasteiger partial charge < -0.3 is 19.7 Å². The minimum atomic E-state index is -4.97. The van der Waals surface area contributed by atoms with Gasteiger partial charge >= 0.3 is 6.18 Å². The predicted molar refractivity (Wildman–Crippen MR) is 93.2 cm³/mol. The summed E-state index contributed by atoms with van der Waals surface area (Å²) in [5.41, 5.74) is -3.43. The van der Waals surface area contributed by atoms with Gasteiger partial charge in [0.1, 0.15) is 5.75 Å². The summed E-state index contributed by atoms with van der Waals surface area (Å²) in [6, 6.07) is 9.77. The number of aliphatic hydroxyl groups is 1. The number of phenols is 1. The molecule has 0 aromatic heterocycles. The van der Waals surface area contributed by atoms with Gasteiger partial charge in [-0.3, -0.25) is 0 Å². The Hall–Kier alpha value is -2.93. The molecule has 1 atom stereocenters. The van der Waals surface area contributed by atoms with Crippen molar-refractivity contribution in [1.82, 2.24) is 0 Å². The van der Waals surface area contributed by atoms with Gasteiger partial charge in [0.25, 0.3) is 0 Å². The first-order valence-electron chi connectivity index (χ1n) is 8.05. The highest BCUT2D eigenvalue weighted by molar-refractivity contribution is 6.06. The van der Waals surface area contributed by atoms with Crippen molar-refractivity contribution in [2.75, 3.05) is 14.2 Å². The van der Waals surface area contributed by atoms with Gasteiger partial charge in [-0.15, -0.1) is 0 Å². The van der Waals surface area contributed by atoms with Crippen LogP contribution in [0.15, 0.2) is 42.5 Å². The predicted octanol–water partition coefficient (Wildman–Crippen LogP) is 4.34. The van der Waals surface area contributed by atoms with Gasteiger partial charge in [0.2, 0.25) is 5.60 Å². The van der Waals surface area contributed by atoms with Crippen LogP contribution in [-0.4, -0.2) is 30.6 Å². The van der Waals surface area contributed by atoms with Crippen LogP contribution in [-0.2, 0) is 5.60 Å². The zero-order chi connectivity index (χ0) is 19.6. The number of phenolic OH excluding ortho intramolecular Hbond substituents is 1. The molecule has 0 saturated heterocycles. The topological polar surface area (TPSA) is 58.9 Å². The molecule has 0 radical (unpaired) electrons. The second kappa shape index (κ2) is 5.53. The van der Waals surface area contributed by atoms with Crippen molar-refractivity contribution >= 4 is 10.8 Å². The standard InChI is InChI=1S/C20H15F3O4/c1-26-16-7-11-12(8-17(16)27-2)18-10-5-3-4-6-13(10)19(25,20(21,22)23)14(18)9-15(11)24/h3-9,24-25H,1-2H3. The first-order valence-corrected chi connectivity index (χ1v) is 8.05. The summed E-state index contributed by atoms with van der Waals surface area (Å²) in [6.45, 7) is 0. The van der Waals surface area contributed by atoms with E-state index in [1.54, 1.807) is 6.07 Å². The van der Waals surface area contributed by atoms with Gasteiger partial charge in [0.05, 0.1) is 14.2 Å². The number of benzene rings is 3. The third-order valence-electron chi connectivity index (χ3n) is 5.01. The molecule has 1 unspecified atom stereocenters. The third-order valence-corrected chi connectivity index (χ3v) is 5.01. The first kappa shape index (κ1) is 17.5. The summed E-state index contributed by atoms with van der Waals surface area (Å²) < 4.78 is 52.2. The zero-order valence-electron chi connectivity index (χ0n) is 14.4. The number of hydrogen-bond acceptors (Lipinski definition) is 4. The summed E-state index contributed by atoms with van der Waals surface area (Å²) in [5.74, 6) is 0.246. The van der Waals surface area contributed by atoms with Gasteiger partial charge in [0, 0.05) is 16.5 Å². The van der Waals surface area contributed by atoms with E-state index >= 15 is 0 Å². The fraction of sp³-hybridized carbons (Fsp3) is 0.200. The normalized spacial score (nSPS) is 18.3. The highest BCUT2D eigenvalue weighted by atomic mass is 19.4. The molecule has 27 heavy (non-hydrogen) atoms. The average Bonchev–Trinajstić information content (AvgIpc) is 2.91. The molecular formula is C20H15F3O4. The quantitative estimate of drug-likeness (QED) is 0.699. The van der Waals surface area contributed by atoms with Crippen molar-refractivity contribution in [2.45, 2.75) is 11.8 Å². The van der Waals surface area contributed by atoms with Crippen molar-refractivity contribution in [3.8, 4) is 28.4 Å². The Kier molecular flexibility index (Phi) is 3.58. The number of fused-ring (bicyclic) bond motifs is 5. The van der Waals surface area contributed by atoms with Gasteiger partial charge in [-0.2, -0.15) is 13.2 Å². The monoisotopic (exact) mass is 376 g/mol. The SMILES string of the molecule is COc1cc2c(O)cc3c(c2cc1OC)-c1ccccc1C3(O)C(F)(F)F. The maximum Gasteiger partial charge on any atom is 0.425 e. The molecule has 7 heteroatoms. The number of methoxy groups -OCH3 is 2. The molecule has 140 valence electrons. The van der Waals surface area contributed by atoms with E-state index in [1.165, 1.54) is 44.6 Å². The minimum Gasteiger partial charge on any atom is -0.507 e. The van der Waals surface area contributed by atoms with Crippen molar-refractivity contribution in [3.05, 3.63) is 53.6 Å². The van der Waals surface area contributed by atoms with Crippen LogP contribution in [0.5, 0.6) is 17.2 Å². The molecule has 0 bridgehead atoms. The van der Waals surface area contributed by atoms with Crippen molar-refractivity contribution < 1.29 is 32.9 Å². The summed E-state index contributed by atoms with van der Waals surface area (Å²) in [4.78, 5) is 0. The molecule has 0 fully saturated rings. The highest BCUT2D eigenvalue weighted by Crippen LogP contribution is 2.58. The van der Waals surface area contributed by atoms with Crippen LogP contribution >= 0.6 is 0 Å². The molecule has 0 spiro atoms. The smallest absolute Gasteiger partial charge is 0.425 e. The maximum absolute atomic E-state index is 13.9. The molecule has 0 saturated carbocycles. The molecule has 0 aliphatic heterocycles. The van der Waals surface area contributed by atoms with Gasteiger partial charge in [-0.05, 0) is 34.7 Å². The Balaban J connectivity index is 2.20. The molecule has 0 heterocycles. The fourth-order valence-electron chi connectivity index (χ4n) is 3.77. The highest BCUT2D eigenvalue weighted by Gasteiger charge is 2.61. The van der Waals surface area contributed by atoms with Crippen LogP contribution in [0.1, 0.15) is 11.1 Å². The van der Waals surface area contributed by atoms with Crippen molar-refractivity contribution in [2.24, 2.45) is 0 Å².